The van der Waals surface area contributed by atoms with E-state index < -0.39 is 0 Å². The smallest absolute Gasteiger partial charge is 0.322 e. The van der Waals surface area contributed by atoms with Crippen molar-refractivity contribution in [1.29, 1.82) is 0 Å². The van der Waals surface area contributed by atoms with Crippen molar-refractivity contribution in [1.82, 2.24) is 10.1 Å². The van der Waals surface area contributed by atoms with Crippen LogP contribution in [0.1, 0.15) is 11.1 Å². The molecule has 22 heavy (non-hydrogen) atoms. The molecular weight excluding hydrogens is 278 g/mol. The molecule has 0 aliphatic carbocycles. The van der Waals surface area contributed by atoms with Crippen LogP contribution in [0.15, 0.2) is 53.1 Å². The van der Waals surface area contributed by atoms with Gasteiger partial charge in [-0.15, -0.1) is 0 Å². The Morgan fingerprint density at radius 2 is 1.95 bits per heavy atom. The lowest BCUT2D eigenvalue weighted by Crippen LogP contribution is -1.99. The maximum absolute atomic E-state index is 5.23. The second-order valence-electron chi connectivity index (χ2n) is 4.99. The van der Waals surface area contributed by atoms with E-state index in [9.17, 15) is 0 Å². The summed E-state index contributed by atoms with van der Waals surface area (Å²) in [5.74, 6) is 1.42. The summed E-state index contributed by atoms with van der Waals surface area (Å²) >= 11 is 0. The Morgan fingerprint density at radius 3 is 2.68 bits per heavy atom. The maximum Gasteiger partial charge on any atom is 0.322 e. The van der Waals surface area contributed by atoms with Crippen molar-refractivity contribution in [3.05, 3.63) is 59.7 Å². The molecule has 0 fully saturated rings. The number of nitrogens with zero attached hydrogens (tertiary/aromatic N) is 2. The van der Waals surface area contributed by atoms with Crippen molar-refractivity contribution in [3.8, 4) is 17.1 Å². The van der Waals surface area contributed by atoms with E-state index in [0.29, 0.717) is 18.4 Å². The SMILES string of the molecule is COc1ccc(CNc2nc(-c3cccc(C)c3)no2)cc1. The number of rotatable bonds is 5. The van der Waals surface area contributed by atoms with Crippen LogP contribution in [0.5, 0.6) is 5.75 Å². The zero-order valence-corrected chi connectivity index (χ0v) is 12.5. The van der Waals surface area contributed by atoms with E-state index in [1.54, 1.807) is 7.11 Å². The number of aromatic nitrogens is 2. The second kappa shape index (κ2) is 6.30. The lowest BCUT2D eigenvalue weighted by Gasteiger charge is -2.03. The van der Waals surface area contributed by atoms with Crippen LogP contribution in [0.25, 0.3) is 11.4 Å². The molecule has 0 spiro atoms. The highest BCUT2D eigenvalue weighted by atomic mass is 16.5. The molecule has 3 rings (SSSR count). The van der Waals surface area contributed by atoms with Gasteiger partial charge in [-0.3, -0.25) is 0 Å². The first-order valence-corrected chi connectivity index (χ1v) is 7.02. The first kappa shape index (κ1) is 14.1. The van der Waals surface area contributed by atoms with Crippen LogP contribution in [-0.4, -0.2) is 17.3 Å². The maximum atomic E-state index is 5.23. The molecule has 1 N–H and O–H groups in total. The molecule has 5 heteroatoms. The van der Waals surface area contributed by atoms with Crippen molar-refractivity contribution in [2.24, 2.45) is 0 Å². The topological polar surface area (TPSA) is 60.2 Å². The third kappa shape index (κ3) is 3.25. The van der Waals surface area contributed by atoms with Crippen molar-refractivity contribution < 1.29 is 9.26 Å². The Balaban J connectivity index is 1.66. The lowest BCUT2D eigenvalue weighted by molar-refractivity contribution is 0.414. The highest BCUT2D eigenvalue weighted by Gasteiger charge is 2.08. The minimum atomic E-state index is 0.410. The van der Waals surface area contributed by atoms with Crippen molar-refractivity contribution in [2.75, 3.05) is 12.4 Å². The summed E-state index contributed by atoms with van der Waals surface area (Å²) in [6, 6.07) is 16.2. The van der Waals surface area contributed by atoms with Gasteiger partial charge in [-0.05, 0) is 30.7 Å². The predicted molar refractivity (Wildman–Crippen MR) is 84.8 cm³/mol. The van der Waals surface area contributed by atoms with Gasteiger partial charge in [-0.2, -0.15) is 4.98 Å². The van der Waals surface area contributed by atoms with Crippen molar-refractivity contribution in [2.45, 2.75) is 13.5 Å². The summed E-state index contributed by atoms with van der Waals surface area (Å²) in [7, 11) is 1.65. The van der Waals surface area contributed by atoms with Gasteiger partial charge in [-0.25, -0.2) is 0 Å². The normalized spacial score (nSPS) is 10.5. The van der Waals surface area contributed by atoms with Gasteiger partial charge < -0.3 is 14.6 Å². The third-order valence-electron chi connectivity index (χ3n) is 3.31. The summed E-state index contributed by atoms with van der Waals surface area (Å²) < 4.78 is 10.4. The van der Waals surface area contributed by atoms with Crippen LogP contribution >= 0.6 is 0 Å². The fourth-order valence-electron chi connectivity index (χ4n) is 2.12. The molecule has 112 valence electrons. The van der Waals surface area contributed by atoms with Crippen LogP contribution in [-0.2, 0) is 6.54 Å². The fraction of sp³-hybridized carbons (Fsp3) is 0.176. The molecular formula is C17H17N3O2. The van der Waals surface area contributed by atoms with Crippen LogP contribution in [0.4, 0.5) is 6.01 Å². The Labute approximate surface area is 128 Å². The van der Waals surface area contributed by atoms with Crippen molar-refractivity contribution in [3.63, 3.8) is 0 Å². The lowest BCUT2D eigenvalue weighted by atomic mass is 10.1. The largest absolute Gasteiger partial charge is 0.497 e. The number of hydrogen-bond donors (Lipinski definition) is 1. The van der Waals surface area contributed by atoms with E-state index >= 15 is 0 Å². The van der Waals surface area contributed by atoms with Crippen LogP contribution in [0, 0.1) is 6.92 Å². The number of hydrogen-bond acceptors (Lipinski definition) is 5. The zero-order valence-electron chi connectivity index (χ0n) is 12.5. The zero-order chi connectivity index (χ0) is 15.4. The van der Waals surface area contributed by atoms with Crippen LogP contribution in [0.2, 0.25) is 0 Å². The monoisotopic (exact) mass is 295 g/mol. The van der Waals surface area contributed by atoms with Gasteiger partial charge in [0.2, 0.25) is 5.82 Å². The van der Waals surface area contributed by atoms with E-state index in [-0.39, 0.29) is 0 Å². The summed E-state index contributed by atoms with van der Waals surface area (Å²) in [4.78, 5) is 4.36. The molecule has 0 atom stereocenters. The summed E-state index contributed by atoms with van der Waals surface area (Å²) in [5.41, 5.74) is 3.22. The molecule has 1 heterocycles. The summed E-state index contributed by atoms with van der Waals surface area (Å²) in [6.07, 6.45) is 0. The quantitative estimate of drug-likeness (QED) is 0.778. The Bertz CT molecular complexity index is 751. The van der Waals surface area contributed by atoms with E-state index in [0.717, 1.165) is 22.4 Å². The molecule has 5 nitrogen and oxygen atoms in total. The molecule has 0 aliphatic rings. The number of methoxy groups -OCH3 is 1. The first-order valence-electron chi connectivity index (χ1n) is 7.02. The van der Waals surface area contributed by atoms with Crippen LogP contribution < -0.4 is 10.1 Å². The molecule has 0 aliphatic heterocycles. The van der Waals surface area contributed by atoms with Gasteiger partial charge in [0.15, 0.2) is 0 Å². The highest BCUT2D eigenvalue weighted by molar-refractivity contribution is 5.56. The first-order chi connectivity index (χ1) is 10.7. The molecule has 0 saturated carbocycles. The van der Waals surface area contributed by atoms with Gasteiger partial charge in [0.05, 0.1) is 7.11 Å². The number of benzene rings is 2. The number of ether oxygens (including phenoxy) is 1. The minimum Gasteiger partial charge on any atom is -0.497 e. The molecule has 0 unspecified atom stereocenters. The molecule has 0 amide bonds. The van der Waals surface area contributed by atoms with Gasteiger partial charge in [-0.1, -0.05) is 41.1 Å². The van der Waals surface area contributed by atoms with E-state index in [1.165, 1.54) is 0 Å². The van der Waals surface area contributed by atoms with E-state index in [2.05, 4.69) is 15.5 Å². The summed E-state index contributed by atoms with van der Waals surface area (Å²) in [5, 5.41) is 7.12. The molecule has 3 aromatic rings. The molecule has 1 aromatic heterocycles. The molecule has 0 saturated heterocycles. The van der Waals surface area contributed by atoms with Gasteiger partial charge >= 0.3 is 6.01 Å². The Morgan fingerprint density at radius 1 is 1.14 bits per heavy atom. The number of anilines is 1. The van der Waals surface area contributed by atoms with Gasteiger partial charge in [0.1, 0.15) is 5.75 Å². The molecule has 2 aromatic carbocycles. The molecule has 0 radical (unpaired) electrons. The highest BCUT2D eigenvalue weighted by Crippen LogP contribution is 2.19. The predicted octanol–water partition coefficient (Wildman–Crippen LogP) is 3.67. The minimum absolute atomic E-state index is 0.410. The second-order valence-corrected chi connectivity index (χ2v) is 4.99. The Kier molecular flexibility index (Phi) is 4.05. The standard InChI is InChI=1S/C17H17N3O2/c1-12-4-3-5-14(10-12)16-19-17(22-20-16)18-11-13-6-8-15(21-2)9-7-13/h3-10H,11H2,1-2H3,(H,18,19,20). The average molecular weight is 295 g/mol. The van der Waals surface area contributed by atoms with E-state index in [4.69, 9.17) is 9.26 Å². The summed E-state index contributed by atoms with van der Waals surface area (Å²) in [6.45, 7) is 2.64. The van der Waals surface area contributed by atoms with Gasteiger partial charge in [0.25, 0.3) is 0 Å². The van der Waals surface area contributed by atoms with Crippen LogP contribution in [0.3, 0.4) is 0 Å². The Hall–Kier alpha value is -2.82. The average Bonchev–Trinajstić information content (AvgIpc) is 3.02. The third-order valence-corrected chi connectivity index (χ3v) is 3.31. The molecule has 0 bridgehead atoms. The number of nitrogens with one attached hydrogen (secondary N) is 1. The van der Waals surface area contributed by atoms with E-state index in [1.807, 2.05) is 55.5 Å². The number of aryl methyl sites for hydroxylation is 1. The fourth-order valence-corrected chi connectivity index (χ4v) is 2.12. The van der Waals surface area contributed by atoms with Crippen molar-refractivity contribution >= 4 is 6.01 Å². The van der Waals surface area contributed by atoms with Gasteiger partial charge in [0, 0.05) is 12.1 Å².